The zero-order chi connectivity index (χ0) is 45.3. The number of hydrogen-bond donors (Lipinski definition) is 6. The van der Waals surface area contributed by atoms with Gasteiger partial charge in [0.15, 0.2) is 31.8 Å². The van der Waals surface area contributed by atoms with E-state index in [-0.39, 0.29) is 38.1 Å². The molecule has 61 heavy (non-hydrogen) atoms. The van der Waals surface area contributed by atoms with E-state index < -0.39 is 128 Å². The van der Waals surface area contributed by atoms with E-state index >= 15 is 4.39 Å². The Balaban J connectivity index is 1.27. The Morgan fingerprint density at radius 1 is 1.18 bits per heavy atom. The molecule has 13 atom stereocenters. The van der Waals surface area contributed by atoms with E-state index in [0.29, 0.717) is 12.0 Å². The van der Waals surface area contributed by atoms with E-state index in [4.69, 9.17) is 28.7 Å². The fraction of sp³-hybridized carbons (Fsp3) is 0.725. The molecule has 2 heterocycles. The average molecular weight is 899 g/mol. The molecule has 7 N–H and O–H groups in total. The first kappa shape index (κ1) is 47.3. The van der Waals surface area contributed by atoms with Crippen molar-refractivity contribution in [3.63, 3.8) is 0 Å². The van der Waals surface area contributed by atoms with Crippen LogP contribution in [0.1, 0.15) is 73.5 Å². The molecule has 1 aliphatic heterocycles. The SMILES string of the molecule is C[C@@H]1C[C@H]2[C@@H]3CCC4=CC(=O)C=C[C@]4(C)[C@@]3(F)[C@@H](O)C[C@]2(C)[C@@]1(O)C(=O)COP(=O)(O)OC1[C@@H](COC(=O)NCCN)O[C@@H](n2ccc(=O)[nH]c2=O)[C@H]1O[Si](C)(C)C(C)(C)C. The predicted molar refractivity (Wildman–Crippen MR) is 219 cm³/mol. The summed E-state index contributed by atoms with van der Waals surface area (Å²) in [7, 11) is -8.22. The highest BCUT2D eigenvalue weighted by atomic mass is 31.2. The summed E-state index contributed by atoms with van der Waals surface area (Å²) in [4.78, 5) is 77.6. The summed E-state index contributed by atoms with van der Waals surface area (Å²) >= 11 is 0. The summed E-state index contributed by atoms with van der Waals surface area (Å²) in [6.07, 6.45) is -2.42. The van der Waals surface area contributed by atoms with Crippen LogP contribution < -0.4 is 22.3 Å². The lowest BCUT2D eigenvalue weighted by atomic mass is 9.44. The molecule has 6 rings (SSSR count). The van der Waals surface area contributed by atoms with E-state index in [1.54, 1.807) is 20.8 Å². The molecule has 0 bridgehead atoms. The zero-order valence-electron chi connectivity index (χ0n) is 35.8. The normalized spacial score (nSPS) is 38.2. The lowest BCUT2D eigenvalue weighted by Gasteiger charge is -2.62. The molecule has 2 unspecified atom stereocenters. The highest BCUT2D eigenvalue weighted by molar-refractivity contribution is 7.47. The monoisotopic (exact) mass is 898 g/mol. The molecule has 1 saturated heterocycles. The van der Waals surface area contributed by atoms with E-state index in [9.17, 15) is 43.6 Å². The number of nitrogens with two attached hydrogens (primary N) is 1. The van der Waals surface area contributed by atoms with Crippen LogP contribution in [0, 0.1) is 28.6 Å². The molecule has 5 aliphatic rings. The van der Waals surface area contributed by atoms with Crippen molar-refractivity contribution in [2.24, 2.45) is 34.3 Å². The molecule has 1 amide bonds. The number of aliphatic hydroxyl groups excluding tert-OH is 1. The standard InChI is InChI=1S/C40H60FN4O14PSi/c1-22-17-26-25-10-9-23-18-24(46)11-13-37(23,5)39(25,41)28(47)19-38(26,6)40(22,52)29(48)21-56-60(53,54)58-31-27(20-55-35(51)43-15-14-42)57-33(45-16-12-30(49)44-34(45)50)32(31)59-61(7,8)36(2,3)4/h11-13,16,18,22,25-28,31-33,47,52H,9-10,14-15,17,19-21,42H2,1-8H3,(H,43,51)(H,53,54)(H,44,49,50)/t22-,25+,26+,27-,28+,31?,32+,33-,37+,38+,39+,40+/m1/s1. The van der Waals surface area contributed by atoms with E-state index in [1.165, 1.54) is 18.2 Å². The number of nitrogens with zero attached hydrogens (tertiary/aromatic N) is 1. The Morgan fingerprint density at radius 3 is 2.51 bits per heavy atom. The lowest BCUT2D eigenvalue weighted by Crippen LogP contribution is -2.69. The number of amides is 1. The van der Waals surface area contributed by atoms with Gasteiger partial charge in [0.1, 0.15) is 37.1 Å². The first-order valence-corrected chi connectivity index (χ1v) is 25.1. The van der Waals surface area contributed by atoms with Crippen LogP contribution >= 0.6 is 7.82 Å². The number of aromatic amines is 1. The van der Waals surface area contributed by atoms with Crippen LogP contribution in [0.4, 0.5) is 9.18 Å². The summed E-state index contributed by atoms with van der Waals surface area (Å²) in [6.45, 7) is 12.9. The van der Waals surface area contributed by atoms with Crippen molar-refractivity contribution in [1.29, 1.82) is 0 Å². The number of carbonyl (C=O) groups excluding carboxylic acids is 3. The number of allylic oxidation sites excluding steroid dienone is 4. The summed E-state index contributed by atoms with van der Waals surface area (Å²) in [5.74, 6) is -3.46. The minimum atomic E-state index is -5.35. The molecule has 0 aromatic carbocycles. The number of alkyl carbamates (subject to hydrolysis) is 1. The number of fused-ring (bicyclic) bond motifs is 5. The Morgan fingerprint density at radius 2 is 1.87 bits per heavy atom. The van der Waals surface area contributed by atoms with Crippen molar-refractivity contribution < 1.29 is 61.4 Å². The zero-order valence-corrected chi connectivity index (χ0v) is 37.7. The molecular weight excluding hydrogens is 839 g/mol. The number of hydrogen-bond acceptors (Lipinski definition) is 14. The second-order valence-corrected chi connectivity index (χ2v) is 25.3. The number of rotatable bonds is 13. The highest BCUT2D eigenvalue weighted by Crippen LogP contribution is 2.71. The van der Waals surface area contributed by atoms with Gasteiger partial charge in [0.05, 0.1) is 6.10 Å². The third kappa shape index (κ3) is 8.03. The summed E-state index contributed by atoms with van der Waals surface area (Å²) < 4.78 is 62.0. The summed E-state index contributed by atoms with van der Waals surface area (Å²) in [5.41, 5.74) is -2.69. The second kappa shape index (κ2) is 16.4. The van der Waals surface area contributed by atoms with E-state index in [0.717, 1.165) is 16.8 Å². The van der Waals surface area contributed by atoms with Crippen molar-refractivity contribution in [1.82, 2.24) is 14.9 Å². The minimum absolute atomic E-state index is 0.0701. The highest BCUT2D eigenvalue weighted by Gasteiger charge is 2.75. The quantitative estimate of drug-likeness (QED) is 0.123. The predicted octanol–water partition coefficient (Wildman–Crippen LogP) is 2.93. The van der Waals surface area contributed by atoms with Crippen molar-refractivity contribution in [2.75, 3.05) is 26.3 Å². The number of H-pyrrole nitrogens is 1. The van der Waals surface area contributed by atoms with Crippen LogP contribution in [0.25, 0.3) is 0 Å². The second-order valence-electron chi connectivity index (χ2n) is 19.1. The van der Waals surface area contributed by atoms with Crippen molar-refractivity contribution in [3.05, 3.63) is 56.9 Å². The molecule has 0 radical (unpaired) electrons. The van der Waals surface area contributed by atoms with Gasteiger partial charge in [0.2, 0.25) is 0 Å². The molecule has 3 saturated carbocycles. The Kier molecular flexibility index (Phi) is 12.7. The fourth-order valence-electron chi connectivity index (χ4n) is 10.4. The number of carbonyl (C=O) groups is 3. The minimum Gasteiger partial charge on any atom is -0.447 e. The van der Waals surface area contributed by atoms with Gasteiger partial charge < -0.3 is 40.1 Å². The third-order valence-corrected chi connectivity index (χ3v) is 20.1. The first-order chi connectivity index (χ1) is 28.2. The van der Waals surface area contributed by atoms with Gasteiger partial charge in [-0.2, -0.15) is 0 Å². The Hall–Kier alpha value is -3.17. The molecular formula is C40H60FN4O14PSi. The van der Waals surface area contributed by atoms with Gasteiger partial charge in [-0.05, 0) is 74.7 Å². The van der Waals surface area contributed by atoms with Gasteiger partial charge in [-0.25, -0.2) is 18.5 Å². The number of nitrogens with one attached hydrogen (secondary N) is 2. The molecule has 21 heteroatoms. The lowest BCUT2D eigenvalue weighted by molar-refractivity contribution is -0.219. The van der Waals surface area contributed by atoms with E-state index in [1.807, 2.05) is 33.9 Å². The molecule has 4 fully saturated rings. The molecule has 1 aromatic rings. The molecule has 1 aromatic heterocycles. The molecule has 340 valence electrons. The van der Waals surface area contributed by atoms with Gasteiger partial charge >= 0.3 is 19.6 Å². The molecule has 4 aliphatic carbocycles. The third-order valence-electron chi connectivity index (χ3n) is 14.7. The van der Waals surface area contributed by atoms with Gasteiger partial charge in [-0.3, -0.25) is 33.0 Å². The van der Waals surface area contributed by atoms with Gasteiger partial charge in [-0.1, -0.05) is 46.3 Å². The van der Waals surface area contributed by atoms with Crippen LogP contribution in [0.2, 0.25) is 18.1 Å². The number of halogens is 1. The Labute approximate surface area is 354 Å². The van der Waals surface area contributed by atoms with E-state index in [2.05, 4.69) is 10.3 Å². The summed E-state index contributed by atoms with van der Waals surface area (Å²) in [5, 5.41) is 26.1. The van der Waals surface area contributed by atoms with Crippen molar-refractivity contribution in [2.45, 2.75) is 127 Å². The molecule has 0 spiro atoms. The maximum absolute atomic E-state index is 17.7. The number of phosphoric ester groups is 1. The topological polar surface area (TPSA) is 268 Å². The number of ketones is 2. The van der Waals surface area contributed by atoms with Crippen molar-refractivity contribution in [3.8, 4) is 0 Å². The maximum atomic E-state index is 17.7. The summed E-state index contributed by atoms with van der Waals surface area (Å²) in [6, 6.07) is 1.07. The van der Waals surface area contributed by atoms with Crippen LogP contribution in [0.15, 0.2) is 45.7 Å². The molecule has 18 nitrogen and oxygen atoms in total. The fourth-order valence-corrected chi connectivity index (χ4v) is 12.6. The van der Waals surface area contributed by atoms with Crippen LogP contribution in [-0.2, 0) is 37.1 Å². The van der Waals surface area contributed by atoms with Gasteiger partial charge in [0.25, 0.3) is 5.56 Å². The largest absolute Gasteiger partial charge is 0.473 e. The maximum Gasteiger partial charge on any atom is 0.473 e. The van der Waals surface area contributed by atoms with Gasteiger partial charge in [0, 0.05) is 42.1 Å². The van der Waals surface area contributed by atoms with Crippen LogP contribution in [0.3, 0.4) is 0 Å². The number of aromatic nitrogens is 2. The van der Waals surface area contributed by atoms with Crippen LogP contribution in [0.5, 0.6) is 0 Å². The number of aliphatic hydroxyl groups is 2. The smallest absolute Gasteiger partial charge is 0.447 e. The number of ether oxygens (including phenoxy) is 2. The van der Waals surface area contributed by atoms with Gasteiger partial charge in [-0.15, -0.1) is 0 Å². The Bertz CT molecular complexity index is 2140. The number of Topliss-reactive ketones (excluding diaryl/α,β-unsaturated/α-hetero) is 1. The first-order valence-electron chi connectivity index (χ1n) is 20.6. The van der Waals surface area contributed by atoms with Crippen LogP contribution in [-0.4, -0.2) is 113 Å². The van der Waals surface area contributed by atoms with Crippen molar-refractivity contribution >= 4 is 33.8 Å². The average Bonchev–Trinajstić information content (AvgIpc) is 3.58. The number of phosphoric acid groups is 1. The number of alkyl halides is 1.